The summed E-state index contributed by atoms with van der Waals surface area (Å²) in [5, 5.41) is 13.7. The van der Waals surface area contributed by atoms with E-state index in [-0.39, 0.29) is 17.3 Å². The fourth-order valence-corrected chi connectivity index (χ4v) is 1.16. The van der Waals surface area contributed by atoms with Crippen LogP contribution in [0.5, 0.6) is 0 Å². The van der Waals surface area contributed by atoms with Crippen LogP contribution in [0.15, 0.2) is 18.2 Å². The van der Waals surface area contributed by atoms with Gasteiger partial charge in [0.25, 0.3) is 0 Å². The van der Waals surface area contributed by atoms with E-state index in [1.54, 1.807) is 19.9 Å². The summed E-state index contributed by atoms with van der Waals surface area (Å²) in [5.74, 6) is -0.648. The molecule has 2 amide bonds. The van der Waals surface area contributed by atoms with E-state index < -0.39 is 11.8 Å². The van der Waals surface area contributed by atoms with E-state index >= 15 is 0 Å². The maximum atomic E-state index is 13.2. The molecule has 4 nitrogen and oxygen atoms in total. The van der Waals surface area contributed by atoms with E-state index in [1.807, 2.05) is 0 Å². The molecular formula is C11H12FN3O. The van der Waals surface area contributed by atoms with E-state index in [0.29, 0.717) is 0 Å². The molecule has 16 heavy (non-hydrogen) atoms. The standard InChI is InChI=1S/C11H12FN3O/c1-7(2)14-11(16)15-10-5-3-4-9(12)8(10)6-13/h3-5,7H,1-2H3,(H2,14,15,16). The Hall–Kier alpha value is -2.09. The first kappa shape index (κ1) is 12.0. The van der Waals surface area contributed by atoms with E-state index in [9.17, 15) is 9.18 Å². The molecule has 2 N–H and O–H groups in total. The average molecular weight is 221 g/mol. The lowest BCUT2D eigenvalue weighted by molar-refractivity contribution is 0.250. The molecule has 0 bridgehead atoms. The van der Waals surface area contributed by atoms with Crippen molar-refractivity contribution < 1.29 is 9.18 Å². The number of urea groups is 1. The minimum absolute atomic E-state index is 0.0286. The van der Waals surface area contributed by atoms with Crippen LogP contribution < -0.4 is 10.6 Å². The van der Waals surface area contributed by atoms with Crippen molar-refractivity contribution in [3.8, 4) is 6.07 Å². The molecule has 0 unspecified atom stereocenters. The van der Waals surface area contributed by atoms with Crippen molar-refractivity contribution in [1.29, 1.82) is 5.26 Å². The second kappa shape index (κ2) is 5.12. The van der Waals surface area contributed by atoms with Gasteiger partial charge in [-0.3, -0.25) is 0 Å². The van der Waals surface area contributed by atoms with Crippen molar-refractivity contribution in [3.63, 3.8) is 0 Å². The Balaban J connectivity index is 2.86. The van der Waals surface area contributed by atoms with Gasteiger partial charge < -0.3 is 10.6 Å². The molecule has 0 atom stereocenters. The van der Waals surface area contributed by atoms with Crippen LogP contribution >= 0.6 is 0 Å². The third kappa shape index (κ3) is 2.95. The third-order valence-electron chi connectivity index (χ3n) is 1.79. The monoisotopic (exact) mass is 221 g/mol. The molecule has 84 valence electrons. The Morgan fingerprint density at radius 2 is 2.19 bits per heavy atom. The topological polar surface area (TPSA) is 64.9 Å². The summed E-state index contributed by atoms with van der Waals surface area (Å²) in [5.41, 5.74) is 0.00190. The smallest absolute Gasteiger partial charge is 0.319 e. The quantitative estimate of drug-likeness (QED) is 0.804. The predicted molar refractivity (Wildman–Crippen MR) is 58.4 cm³/mol. The second-order valence-electron chi connectivity index (χ2n) is 3.53. The van der Waals surface area contributed by atoms with Gasteiger partial charge in [-0.2, -0.15) is 5.26 Å². The fourth-order valence-electron chi connectivity index (χ4n) is 1.16. The number of carbonyl (C=O) groups is 1. The molecule has 1 aromatic rings. The largest absolute Gasteiger partial charge is 0.336 e. The number of benzene rings is 1. The first-order chi connectivity index (χ1) is 7.54. The van der Waals surface area contributed by atoms with Crippen LogP contribution in [0.3, 0.4) is 0 Å². The molecule has 0 fully saturated rings. The van der Waals surface area contributed by atoms with Crippen LogP contribution in [0.4, 0.5) is 14.9 Å². The zero-order valence-corrected chi connectivity index (χ0v) is 9.04. The van der Waals surface area contributed by atoms with Crippen LogP contribution in [0.1, 0.15) is 19.4 Å². The molecular weight excluding hydrogens is 209 g/mol. The molecule has 5 heteroatoms. The maximum Gasteiger partial charge on any atom is 0.319 e. The van der Waals surface area contributed by atoms with Crippen LogP contribution in [0.25, 0.3) is 0 Å². The minimum Gasteiger partial charge on any atom is -0.336 e. The van der Waals surface area contributed by atoms with Crippen LogP contribution in [0, 0.1) is 17.1 Å². The Kier molecular flexibility index (Phi) is 3.84. The van der Waals surface area contributed by atoms with Crippen molar-refractivity contribution in [2.75, 3.05) is 5.32 Å². The van der Waals surface area contributed by atoms with E-state index in [0.717, 1.165) is 0 Å². The van der Waals surface area contributed by atoms with Crippen molar-refractivity contribution in [1.82, 2.24) is 5.32 Å². The van der Waals surface area contributed by atoms with Gasteiger partial charge in [0.2, 0.25) is 0 Å². The normalized spacial score (nSPS) is 9.69. The summed E-state index contributed by atoms with van der Waals surface area (Å²) in [4.78, 5) is 11.3. The Morgan fingerprint density at radius 3 is 2.75 bits per heavy atom. The Bertz CT molecular complexity index is 437. The number of rotatable bonds is 2. The molecule has 0 heterocycles. The summed E-state index contributed by atoms with van der Waals surface area (Å²) in [6, 6.07) is 5.29. The number of amides is 2. The number of carbonyl (C=O) groups excluding carboxylic acids is 1. The van der Waals surface area contributed by atoms with Crippen LogP contribution in [-0.4, -0.2) is 12.1 Å². The number of anilines is 1. The zero-order chi connectivity index (χ0) is 12.1. The molecule has 0 saturated heterocycles. The van der Waals surface area contributed by atoms with Crippen LogP contribution in [-0.2, 0) is 0 Å². The first-order valence-corrected chi connectivity index (χ1v) is 4.80. The molecule has 0 aliphatic carbocycles. The average Bonchev–Trinajstić information content (AvgIpc) is 2.16. The van der Waals surface area contributed by atoms with Gasteiger partial charge in [-0.1, -0.05) is 6.07 Å². The van der Waals surface area contributed by atoms with Gasteiger partial charge in [-0.05, 0) is 26.0 Å². The number of halogens is 1. The number of nitrogens with one attached hydrogen (secondary N) is 2. The zero-order valence-electron chi connectivity index (χ0n) is 9.04. The highest BCUT2D eigenvalue weighted by Crippen LogP contribution is 2.17. The van der Waals surface area contributed by atoms with Crippen molar-refractivity contribution >= 4 is 11.7 Å². The SMILES string of the molecule is CC(C)NC(=O)Nc1cccc(F)c1C#N. The molecule has 0 aliphatic heterocycles. The van der Waals surface area contributed by atoms with Gasteiger partial charge in [-0.25, -0.2) is 9.18 Å². The van der Waals surface area contributed by atoms with E-state index in [1.165, 1.54) is 18.2 Å². The maximum absolute atomic E-state index is 13.2. The van der Waals surface area contributed by atoms with E-state index in [4.69, 9.17) is 5.26 Å². The summed E-state index contributed by atoms with van der Waals surface area (Å²) < 4.78 is 13.2. The van der Waals surface area contributed by atoms with Crippen molar-refractivity contribution in [2.45, 2.75) is 19.9 Å². The molecule has 0 aromatic heterocycles. The second-order valence-corrected chi connectivity index (χ2v) is 3.53. The van der Waals surface area contributed by atoms with E-state index in [2.05, 4.69) is 10.6 Å². The fraction of sp³-hybridized carbons (Fsp3) is 0.273. The van der Waals surface area contributed by atoms with Crippen molar-refractivity contribution in [2.24, 2.45) is 0 Å². The lowest BCUT2D eigenvalue weighted by atomic mass is 10.2. The molecule has 1 rings (SSSR count). The molecule has 0 saturated carbocycles. The van der Waals surface area contributed by atoms with Gasteiger partial charge in [0, 0.05) is 6.04 Å². The number of hydrogen-bond acceptors (Lipinski definition) is 2. The minimum atomic E-state index is -0.648. The molecule has 0 spiro atoms. The first-order valence-electron chi connectivity index (χ1n) is 4.80. The summed E-state index contributed by atoms with van der Waals surface area (Å²) in [7, 11) is 0. The number of hydrogen-bond donors (Lipinski definition) is 2. The van der Waals surface area contributed by atoms with Gasteiger partial charge in [-0.15, -0.1) is 0 Å². The lowest BCUT2D eigenvalue weighted by Gasteiger charge is -2.11. The van der Waals surface area contributed by atoms with Gasteiger partial charge >= 0.3 is 6.03 Å². The van der Waals surface area contributed by atoms with Gasteiger partial charge in [0.15, 0.2) is 0 Å². The highest BCUT2D eigenvalue weighted by atomic mass is 19.1. The van der Waals surface area contributed by atoms with Gasteiger partial charge in [0.05, 0.1) is 5.69 Å². The summed E-state index contributed by atoms with van der Waals surface area (Å²) in [6.07, 6.45) is 0. The molecule has 0 aliphatic rings. The molecule has 0 radical (unpaired) electrons. The Labute approximate surface area is 93.1 Å². The number of nitrogens with zero attached hydrogens (tertiary/aromatic N) is 1. The number of nitriles is 1. The van der Waals surface area contributed by atoms with Gasteiger partial charge in [0.1, 0.15) is 17.4 Å². The summed E-state index contributed by atoms with van der Waals surface area (Å²) >= 11 is 0. The third-order valence-corrected chi connectivity index (χ3v) is 1.79. The van der Waals surface area contributed by atoms with Crippen molar-refractivity contribution in [3.05, 3.63) is 29.6 Å². The molecule has 1 aromatic carbocycles. The lowest BCUT2D eigenvalue weighted by Crippen LogP contribution is -2.34. The van der Waals surface area contributed by atoms with Crippen LogP contribution in [0.2, 0.25) is 0 Å². The highest BCUT2D eigenvalue weighted by molar-refractivity contribution is 5.90. The predicted octanol–water partition coefficient (Wildman–Crippen LogP) is 2.23. The summed E-state index contributed by atoms with van der Waals surface area (Å²) in [6.45, 7) is 3.60. The Morgan fingerprint density at radius 1 is 1.50 bits per heavy atom. The highest BCUT2D eigenvalue weighted by Gasteiger charge is 2.10.